The van der Waals surface area contributed by atoms with Crippen molar-refractivity contribution in [3.05, 3.63) is 0 Å². The monoisotopic (exact) mass is 166 g/mol. The van der Waals surface area contributed by atoms with Crippen LogP contribution in [-0.2, 0) is 4.79 Å². The summed E-state index contributed by atoms with van der Waals surface area (Å²) in [5.41, 5.74) is 5.77. The number of piperidine rings is 1. The summed E-state index contributed by atoms with van der Waals surface area (Å²) >= 11 is 0. The van der Waals surface area contributed by atoms with Gasteiger partial charge in [-0.15, -0.1) is 6.42 Å². The van der Waals surface area contributed by atoms with E-state index in [1.165, 1.54) is 0 Å². The summed E-state index contributed by atoms with van der Waals surface area (Å²) in [6.07, 6.45) is 6.67. The van der Waals surface area contributed by atoms with Crippen LogP contribution < -0.4 is 5.73 Å². The van der Waals surface area contributed by atoms with Gasteiger partial charge in [0.05, 0.1) is 0 Å². The van der Waals surface area contributed by atoms with Crippen LogP contribution in [0.25, 0.3) is 0 Å². The highest BCUT2D eigenvalue weighted by atomic mass is 16.2. The van der Waals surface area contributed by atoms with Crippen molar-refractivity contribution >= 4 is 5.91 Å². The highest BCUT2D eigenvalue weighted by Gasteiger charge is 2.27. The molecule has 0 aromatic heterocycles. The van der Waals surface area contributed by atoms with Crippen LogP contribution in [0.4, 0.5) is 0 Å². The normalized spacial score (nSPS) is 21.6. The smallest absolute Gasteiger partial charge is 0.298 e. The number of rotatable bonds is 0. The quantitative estimate of drug-likeness (QED) is 0.513. The average Bonchev–Trinajstić information content (AvgIpc) is 2.03. The van der Waals surface area contributed by atoms with E-state index in [4.69, 9.17) is 12.2 Å². The van der Waals surface area contributed by atoms with Gasteiger partial charge in [0.1, 0.15) is 0 Å². The zero-order valence-corrected chi connectivity index (χ0v) is 7.34. The molecule has 1 aliphatic rings. The lowest BCUT2D eigenvalue weighted by Gasteiger charge is -2.35. The zero-order valence-electron chi connectivity index (χ0n) is 7.34. The van der Waals surface area contributed by atoms with E-state index in [9.17, 15) is 4.79 Å². The Balaban J connectivity index is 2.48. The molecule has 1 amide bonds. The van der Waals surface area contributed by atoms with Crippen molar-refractivity contribution in [3.63, 3.8) is 0 Å². The second-order valence-corrected chi connectivity index (χ2v) is 3.59. The van der Waals surface area contributed by atoms with Gasteiger partial charge in [0.15, 0.2) is 0 Å². The highest BCUT2D eigenvalue weighted by Crippen LogP contribution is 2.18. The van der Waals surface area contributed by atoms with Crippen LogP contribution in [0, 0.1) is 12.3 Å². The third kappa shape index (κ3) is 1.99. The fourth-order valence-corrected chi connectivity index (χ4v) is 1.31. The van der Waals surface area contributed by atoms with Gasteiger partial charge >= 0.3 is 0 Å². The van der Waals surface area contributed by atoms with Gasteiger partial charge in [0, 0.05) is 18.6 Å². The van der Waals surface area contributed by atoms with Gasteiger partial charge in [0.2, 0.25) is 0 Å². The summed E-state index contributed by atoms with van der Waals surface area (Å²) in [5.74, 6) is 1.89. The van der Waals surface area contributed by atoms with Crippen LogP contribution in [0.3, 0.4) is 0 Å². The molecule has 0 aromatic rings. The van der Waals surface area contributed by atoms with Crippen LogP contribution in [-0.4, -0.2) is 29.4 Å². The fourth-order valence-electron chi connectivity index (χ4n) is 1.31. The number of hydrogen-bond donors (Lipinski definition) is 1. The second-order valence-electron chi connectivity index (χ2n) is 3.59. The topological polar surface area (TPSA) is 46.3 Å². The number of nitrogens with zero attached hydrogens (tertiary/aromatic N) is 1. The lowest BCUT2D eigenvalue weighted by atomic mass is 9.91. The Morgan fingerprint density at radius 3 is 2.50 bits per heavy atom. The second kappa shape index (κ2) is 3.16. The SMILES string of the molecule is C#CC(=O)N1CCC(C)(N)CC1. The average molecular weight is 166 g/mol. The van der Waals surface area contributed by atoms with Crippen LogP contribution in [0.5, 0.6) is 0 Å². The summed E-state index contributed by atoms with van der Waals surface area (Å²) < 4.78 is 0. The Morgan fingerprint density at radius 2 is 2.08 bits per heavy atom. The molecule has 2 N–H and O–H groups in total. The molecule has 1 aliphatic heterocycles. The van der Waals surface area contributed by atoms with Gasteiger partial charge in [-0.25, -0.2) is 0 Å². The molecule has 0 aromatic carbocycles. The first kappa shape index (κ1) is 9.08. The number of carbonyl (C=O) groups excluding carboxylic acids is 1. The molecule has 0 unspecified atom stereocenters. The Morgan fingerprint density at radius 1 is 1.58 bits per heavy atom. The lowest BCUT2D eigenvalue weighted by Crippen LogP contribution is -2.49. The van der Waals surface area contributed by atoms with Crippen molar-refractivity contribution in [2.75, 3.05) is 13.1 Å². The third-order valence-electron chi connectivity index (χ3n) is 2.32. The van der Waals surface area contributed by atoms with Gasteiger partial charge in [-0.3, -0.25) is 4.79 Å². The lowest BCUT2D eigenvalue weighted by molar-refractivity contribution is -0.126. The molecule has 3 heteroatoms. The Bertz CT molecular complexity index is 217. The third-order valence-corrected chi connectivity index (χ3v) is 2.32. The molecule has 0 aliphatic carbocycles. The van der Waals surface area contributed by atoms with Gasteiger partial charge in [-0.1, -0.05) is 0 Å². The van der Waals surface area contributed by atoms with Gasteiger partial charge in [0.25, 0.3) is 5.91 Å². The van der Waals surface area contributed by atoms with Crippen molar-refractivity contribution < 1.29 is 4.79 Å². The van der Waals surface area contributed by atoms with Crippen LogP contribution >= 0.6 is 0 Å². The minimum Gasteiger partial charge on any atom is -0.332 e. The standard InChI is InChI=1S/C9H14N2O/c1-3-8(12)11-6-4-9(2,10)5-7-11/h1H,4-7,10H2,2H3. The number of amides is 1. The molecule has 3 nitrogen and oxygen atoms in total. The highest BCUT2D eigenvalue weighted by molar-refractivity contribution is 5.92. The van der Waals surface area contributed by atoms with E-state index in [1.54, 1.807) is 4.90 Å². The summed E-state index contributed by atoms with van der Waals surface area (Å²) in [5, 5.41) is 0. The molecule has 1 heterocycles. The molecule has 0 radical (unpaired) electrons. The van der Waals surface area contributed by atoms with Gasteiger partial charge < -0.3 is 10.6 Å². The molecular formula is C9H14N2O. The maximum absolute atomic E-state index is 11.0. The molecule has 12 heavy (non-hydrogen) atoms. The van der Waals surface area contributed by atoms with E-state index in [2.05, 4.69) is 5.92 Å². The summed E-state index contributed by atoms with van der Waals surface area (Å²) in [6, 6.07) is 0. The van der Waals surface area contributed by atoms with E-state index in [-0.39, 0.29) is 11.4 Å². The molecule has 1 saturated heterocycles. The first-order valence-corrected chi connectivity index (χ1v) is 4.09. The number of likely N-dealkylation sites (tertiary alicyclic amines) is 1. The van der Waals surface area contributed by atoms with E-state index >= 15 is 0 Å². The van der Waals surface area contributed by atoms with Crippen molar-refractivity contribution in [2.24, 2.45) is 5.73 Å². The summed E-state index contributed by atoms with van der Waals surface area (Å²) in [4.78, 5) is 12.7. The van der Waals surface area contributed by atoms with E-state index in [1.807, 2.05) is 6.92 Å². The Kier molecular flexibility index (Phi) is 2.39. The van der Waals surface area contributed by atoms with E-state index in [0.29, 0.717) is 13.1 Å². The number of terminal acetylenes is 1. The molecule has 0 bridgehead atoms. The van der Waals surface area contributed by atoms with Crippen molar-refractivity contribution in [1.82, 2.24) is 4.90 Å². The van der Waals surface area contributed by atoms with Crippen molar-refractivity contribution in [1.29, 1.82) is 0 Å². The van der Waals surface area contributed by atoms with Crippen LogP contribution in [0.15, 0.2) is 0 Å². The maximum atomic E-state index is 11.0. The molecule has 1 rings (SSSR count). The Hall–Kier alpha value is -1.01. The minimum absolute atomic E-state index is 0.120. The summed E-state index contributed by atoms with van der Waals surface area (Å²) in [7, 11) is 0. The predicted octanol–water partition coefficient (Wildman–Crippen LogP) is -0.0406. The van der Waals surface area contributed by atoms with Crippen LogP contribution in [0.1, 0.15) is 19.8 Å². The molecule has 0 atom stereocenters. The minimum atomic E-state index is -0.217. The van der Waals surface area contributed by atoms with Crippen molar-refractivity contribution in [2.45, 2.75) is 25.3 Å². The van der Waals surface area contributed by atoms with E-state index < -0.39 is 0 Å². The predicted molar refractivity (Wildman–Crippen MR) is 47.2 cm³/mol. The first-order chi connectivity index (χ1) is 5.55. The van der Waals surface area contributed by atoms with Gasteiger partial charge in [-0.2, -0.15) is 0 Å². The first-order valence-electron chi connectivity index (χ1n) is 4.09. The molecule has 0 spiro atoms. The van der Waals surface area contributed by atoms with E-state index in [0.717, 1.165) is 12.8 Å². The van der Waals surface area contributed by atoms with Crippen molar-refractivity contribution in [3.8, 4) is 12.3 Å². The zero-order chi connectivity index (χ0) is 9.19. The molecule has 1 fully saturated rings. The largest absolute Gasteiger partial charge is 0.332 e. The Labute approximate surface area is 72.9 Å². The summed E-state index contributed by atoms with van der Waals surface area (Å²) in [6.45, 7) is 3.39. The van der Waals surface area contributed by atoms with Crippen LogP contribution in [0.2, 0.25) is 0 Å². The number of hydrogen-bond acceptors (Lipinski definition) is 2. The fraction of sp³-hybridized carbons (Fsp3) is 0.667. The van der Waals surface area contributed by atoms with Gasteiger partial charge in [-0.05, 0) is 25.7 Å². The number of nitrogens with two attached hydrogens (primary N) is 1. The molecule has 0 saturated carbocycles. The number of carbonyl (C=O) groups is 1. The molecular weight excluding hydrogens is 152 g/mol. The maximum Gasteiger partial charge on any atom is 0.298 e. The molecule has 66 valence electrons.